The van der Waals surface area contributed by atoms with Crippen LogP contribution in [0.5, 0.6) is 0 Å². The topological polar surface area (TPSA) is 66.9 Å². The van der Waals surface area contributed by atoms with Crippen LogP contribution in [0.15, 0.2) is 30.3 Å². The molecule has 5 nitrogen and oxygen atoms in total. The van der Waals surface area contributed by atoms with Crippen molar-refractivity contribution in [2.24, 2.45) is 0 Å². The van der Waals surface area contributed by atoms with E-state index in [-0.39, 0.29) is 5.91 Å². The number of nitrogens with one attached hydrogen (secondary N) is 2. The molecule has 2 N–H and O–H groups in total. The molecule has 0 saturated carbocycles. The highest BCUT2D eigenvalue weighted by atomic mass is 16.1. The van der Waals surface area contributed by atoms with Crippen LogP contribution in [-0.2, 0) is 4.79 Å². The number of aryl methyl sites for hydroxylation is 2. The summed E-state index contributed by atoms with van der Waals surface area (Å²) in [6, 6.07) is 9.67. The minimum Gasteiger partial charge on any atom is -0.339 e. The average Bonchev–Trinajstić information content (AvgIpc) is 2.29. The molecule has 0 radical (unpaired) electrons. The van der Waals surface area contributed by atoms with Gasteiger partial charge in [-0.25, -0.2) is 0 Å². The summed E-state index contributed by atoms with van der Waals surface area (Å²) < 4.78 is 0. The van der Waals surface area contributed by atoms with Gasteiger partial charge < -0.3 is 10.6 Å². The number of amides is 1. The van der Waals surface area contributed by atoms with Gasteiger partial charge in [-0.05, 0) is 49.2 Å². The predicted octanol–water partition coefficient (Wildman–Crippen LogP) is 2.80. The van der Waals surface area contributed by atoms with E-state index in [0.29, 0.717) is 11.6 Å². The molecular weight excluding hydrogens is 240 g/mol. The van der Waals surface area contributed by atoms with Gasteiger partial charge >= 0.3 is 0 Å². The lowest BCUT2D eigenvalue weighted by molar-refractivity contribution is -0.114. The van der Waals surface area contributed by atoms with Crippen LogP contribution >= 0.6 is 0 Å². The molecule has 0 aliphatic rings. The second kappa shape index (κ2) is 5.48. The molecule has 0 bridgehead atoms. The van der Waals surface area contributed by atoms with Gasteiger partial charge in [0.2, 0.25) is 5.91 Å². The van der Waals surface area contributed by atoms with Crippen LogP contribution < -0.4 is 10.6 Å². The van der Waals surface area contributed by atoms with Crippen molar-refractivity contribution in [2.45, 2.75) is 20.8 Å². The third kappa shape index (κ3) is 3.77. The van der Waals surface area contributed by atoms with E-state index >= 15 is 0 Å². The van der Waals surface area contributed by atoms with Crippen LogP contribution in [-0.4, -0.2) is 16.1 Å². The molecule has 1 aromatic heterocycles. The van der Waals surface area contributed by atoms with Crippen LogP contribution in [0.1, 0.15) is 18.1 Å². The smallest absolute Gasteiger partial charge is 0.222 e. The lowest BCUT2D eigenvalue weighted by Gasteiger charge is -2.08. The molecular formula is C14H16N4O. The highest BCUT2D eigenvalue weighted by Crippen LogP contribution is 2.18. The number of anilines is 3. The zero-order valence-corrected chi connectivity index (χ0v) is 11.2. The number of rotatable bonds is 3. The summed E-state index contributed by atoms with van der Waals surface area (Å²) in [5.74, 6) is 0.918. The van der Waals surface area contributed by atoms with Gasteiger partial charge in [-0.2, -0.15) is 0 Å². The summed E-state index contributed by atoms with van der Waals surface area (Å²) >= 11 is 0. The van der Waals surface area contributed by atoms with Gasteiger partial charge in [0.25, 0.3) is 0 Å². The first-order chi connectivity index (χ1) is 9.02. The quantitative estimate of drug-likeness (QED) is 0.886. The monoisotopic (exact) mass is 256 g/mol. The van der Waals surface area contributed by atoms with Gasteiger partial charge in [-0.1, -0.05) is 6.07 Å². The second-order valence-electron chi connectivity index (χ2n) is 4.49. The maximum Gasteiger partial charge on any atom is 0.222 e. The molecule has 2 rings (SSSR count). The van der Waals surface area contributed by atoms with E-state index in [1.54, 1.807) is 12.1 Å². The molecule has 5 heteroatoms. The number of hydrogen-bond donors (Lipinski definition) is 2. The van der Waals surface area contributed by atoms with Crippen LogP contribution in [0, 0.1) is 13.8 Å². The first-order valence-electron chi connectivity index (χ1n) is 5.99. The Morgan fingerprint density at radius 2 is 1.58 bits per heavy atom. The van der Waals surface area contributed by atoms with Gasteiger partial charge in [0, 0.05) is 12.6 Å². The van der Waals surface area contributed by atoms with Crippen molar-refractivity contribution in [1.29, 1.82) is 0 Å². The Hall–Kier alpha value is -2.43. The van der Waals surface area contributed by atoms with Crippen LogP contribution in [0.3, 0.4) is 0 Å². The van der Waals surface area contributed by atoms with Crippen LogP contribution in [0.25, 0.3) is 0 Å². The van der Waals surface area contributed by atoms with Crippen molar-refractivity contribution >= 4 is 23.2 Å². The molecule has 19 heavy (non-hydrogen) atoms. The maximum atomic E-state index is 10.9. The standard InChI is InChI=1S/C14H16N4O/c1-9-6-10(2)8-12(7-9)16-14-5-4-13(17-18-14)15-11(3)19/h4-8H,1-3H3,(H,16,18)(H,15,17,19). The van der Waals surface area contributed by atoms with Gasteiger partial charge in [0.05, 0.1) is 0 Å². The fourth-order valence-corrected chi connectivity index (χ4v) is 1.84. The lowest BCUT2D eigenvalue weighted by Crippen LogP contribution is -2.08. The zero-order valence-electron chi connectivity index (χ0n) is 11.2. The molecule has 0 spiro atoms. The summed E-state index contributed by atoms with van der Waals surface area (Å²) in [5, 5.41) is 13.7. The molecule has 1 amide bonds. The first kappa shape index (κ1) is 13.0. The van der Waals surface area contributed by atoms with Crippen molar-refractivity contribution in [3.05, 3.63) is 41.5 Å². The summed E-state index contributed by atoms with van der Waals surface area (Å²) in [7, 11) is 0. The first-order valence-corrected chi connectivity index (χ1v) is 5.99. The van der Waals surface area contributed by atoms with E-state index in [4.69, 9.17) is 0 Å². The third-order valence-corrected chi connectivity index (χ3v) is 2.46. The fraction of sp³-hybridized carbons (Fsp3) is 0.214. The molecule has 1 heterocycles. The maximum absolute atomic E-state index is 10.9. The number of carbonyl (C=O) groups excluding carboxylic acids is 1. The number of hydrogen-bond acceptors (Lipinski definition) is 4. The number of nitrogens with zero attached hydrogens (tertiary/aromatic N) is 2. The zero-order chi connectivity index (χ0) is 13.8. The largest absolute Gasteiger partial charge is 0.339 e. The molecule has 0 unspecified atom stereocenters. The Kier molecular flexibility index (Phi) is 3.75. The predicted molar refractivity (Wildman–Crippen MR) is 75.5 cm³/mol. The van der Waals surface area contributed by atoms with E-state index in [0.717, 1.165) is 5.69 Å². The van der Waals surface area contributed by atoms with Crippen LogP contribution in [0.2, 0.25) is 0 Å². The van der Waals surface area contributed by atoms with Crippen LogP contribution in [0.4, 0.5) is 17.3 Å². The van der Waals surface area contributed by atoms with E-state index in [9.17, 15) is 4.79 Å². The van der Waals surface area contributed by atoms with E-state index < -0.39 is 0 Å². The molecule has 0 fully saturated rings. The van der Waals surface area contributed by atoms with Gasteiger partial charge in [-0.3, -0.25) is 4.79 Å². The minimum absolute atomic E-state index is 0.163. The van der Waals surface area contributed by atoms with Gasteiger partial charge in [0.1, 0.15) is 0 Å². The van der Waals surface area contributed by atoms with Crippen molar-refractivity contribution < 1.29 is 4.79 Å². The summed E-state index contributed by atoms with van der Waals surface area (Å²) in [5.41, 5.74) is 3.34. The SMILES string of the molecule is CC(=O)Nc1ccc(Nc2cc(C)cc(C)c2)nn1. The minimum atomic E-state index is -0.163. The Morgan fingerprint density at radius 1 is 1.00 bits per heavy atom. The molecule has 0 aliphatic carbocycles. The molecule has 0 aliphatic heterocycles. The highest BCUT2D eigenvalue weighted by molar-refractivity contribution is 5.87. The van der Waals surface area contributed by atoms with Crippen molar-refractivity contribution in [2.75, 3.05) is 10.6 Å². The number of aromatic nitrogens is 2. The van der Waals surface area contributed by atoms with E-state index in [2.05, 4.69) is 26.9 Å². The van der Waals surface area contributed by atoms with Crippen molar-refractivity contribution in [3.63, 3.8) is 0 Å². The second-order valence-corrected chi connectivity index (χ2v) is 4.49. The normalized spacial score (nSPS) is 10.1. The van der Waals surface area contributed by atoms with Gasteiger partial charge in [0.15, 0.2) is 11.6 Å². The number of benzene rings is 1. The molecule has 1 aromatic carbocycles. The Balaban J connectivity index is 2.12. The highest BCUT2D eigenvalue weighted by Gasteiger charge is 2.01. The Morgan fingerprint density at radius 3 is 2.11 bits per heavy atom. The molecule has 98 valence electrons. The van der Waals surface area contributed by atoms with E-state index in [1.807, 2.05) is 26.0 Å². The summed E-state index contributed by atoms with van der Waals surface area (Å²) in [4.78, 5) is 10.9. The molecule has 2 aromatic rings. The molecule has 0 saturated heterocycles. The Labute approximate surface area is 112 Å². The van der Waals surface area contributed by atoms with Gasteiger partial charge in [-0.15, -0.1) is 10.2 Å². The Bertz CT molecular complexity index is 573. The summed E-state index contributed by atoms with van der Waals surface area (Å²) in [6.45, 7) is 5.52. The summed E-state index contributed by atoms with van der Waals surface area (Å²) in [6.07, 6.45) is 0. The fourth-order valence-electron chi connectivity index (χ4n) is 1.84. The van der Waals surface area contributed by atoms with Crippen molar-refractivity contribution in [1.82, 2.24) is 10.2 Å². The third-order valence-electron chi connectivity index (χ3n) is 2.46. The van der Waals surface area contributed by atoms with Crippen molar-refractivity contribution in [3.8, 4) is 0 Å². The van der Waals surface area contributed by atoms with E-state index in [1.165, 1.54) is 18.1 Å². The average molecular weight is 256 g/mol. The lowest BCUT2D eigenvalue weighted by atomic mass is 10.1. The molecule has 0 atom stereocenters. The number of carbonyl (C=O) groups is 1.